The number of nitrogens with one attached hydrogen (secondary N) is 1. The van der Waals surface area contributed by atoms with Crippen molar-refractivity contribution in [2.24, 2.45) is 0 Å². The average molecular weight is 359 g/mol. The second kappa shape index (κ2) is 6.11. The lowest BCUT2D eigenvalue weighted by Gasteiger charge is -2.29. The highest BCUT2D eigenvalue weighted by atomic mass is 19.4. The smallest absolute Gasteiger partial charge is 0.417 e. The predicted octanol–water partition coefficient (Wildman–Crippen LogP) is 2.54. The number of benzene rings is 1. The van der Waals surface area contributed by atoms with Gasteiger partial charge in [0.1, 0.15) is 0 Å². The van der Waals surface area contributed by atoms with Gasteiger partial charge in [0.05, 0.1) is 16.8 Å². The Morgan fingerprint density at radius 2 is 1.76 bits per heavy atom. The lowest BCUT2D eigenvalue weighted by Crippen LogP contribution is -2.42. The standard InChI is InChI=1S/C15H12F3NO6/c1-14(2)24-12(22)7(13(23)25-14)6-19-9-5-3-4-8(15(16,17)18)10(9)11(20)21/h3-6,19H,1-2H3,(H,20,21). The number of carbonyl (C=O) groups is 3. The van der Waals surface area contributed by atoms with Crippen LogP contribution >= 0.6 is 0 Å². The minimum atomic E-state index is -4.90. The van der Waals surface area contributed by atoms with Crippen LogP contribution in [0.5, 0.6) is 0 Å². The first-order chi connectivity index (χ1) is 11.4. The van der Waals surface area contributed by atoms with Crippen LogP contribution < -0.4 is 5.32 Å². The van der Waals surface area contributed by atoms with Crippen LogP contribution in [0.3, 0.4) is 0 Å². The zero-order chi connectivity index (χ0) is 19.0. The van der Waals surface area contributed by atoms with E-state index in [1.807, 2.05) is 0 Å². The van der Waals surface area contributed by atoms with E-state index in [0.29, 0.717) is 6.07 Å². The van der Waals surface area contributed by atoms with Gasteiger partial charge in [0.15, 0.2) is 5.57 Å². The molecule has 0 aliphatic carbocycles. The summed E-state index contributed by atoms with van der Waals surface area (Å²) in [5, 5.41) is 11.3. The van der Waals surface area contributed by atoms with Crippen LogP contribution in [0.4, 0.5) is 18.9 Å². The molecule has 0 atom stereocenters. The van der Waals surface area contributed by atoms with Gasteiger partial charge in [-0.25, -0.2) is 14.4 Å². The van der Waals surface area contributed by atoms with Gasteiger partial charge in [-0.3, -0.25) is 0 Å². The van der Waals surface area contributed by atoms with Gasteiger partial charge in [0.2, 0.25) is 0 Å². The molecule has 25 heavy (non-hydrogen) atoms. The third-order valence-electron chi connectivity index (χ3n) is 3.07. The monoisotopic (exact) mass is 359 g/mol. The molecule has 1 aliphatic heterocycles. The summed E-state index contributed by atoms with van der Waals surface area (Å²) in [5.41, 5.74) is -3.50. The molecule has 0 unspecified atom stereocenters. The number of carbonyl (C=O) groups excluding carboxylic acids is 2. The highest BCUT2D eigenvalue weighted by Gasteiger charge is 2.39. The zero-order valence-corrected chi connectivity index (χ0v) is 12.9. The van der Waals surface area contributed by atoms with Gasteiger partial charge in [-0.1, -0.05) is 6.07 Å². The molecule has 0 amide bonds. The number of esters is 2. The number of alkyl halides is 3. The minimum absolute atomic E-state index is 0.458. The third kappa shape index (κ3) is 3.90. The van der Waals surface area contributed by atoms with Gasteiger partial charge in [-0.2, -0.15) is 13.2 Å². The summed E-state index contributed by atoms with van der Waals surface area (Å²) in [7, 11) is 0. The molecule has 1 aliphatic rings. The molecule has 1 saturated heterocycles. The van der Waals surface area contributed by atoms with E-state index >= 15 is 0 Å². The highest BCUT2D eigenvalue weighted by Crippen LogP contribution is 2.35. The van der Waals surface area contributed by atoms with Crippen LogP contribution in [0, 0.1) is 0 Å². The first-order valence-electron chi connectivity index (χ1n) is 6.79. The van der Waals surface area contributed by atoms with Crippen molar-refractivity contribution < 1.29 is 42.1 Å². The SMILES string of the molecule is CC1(C)OC(=O)C(=CNc2cccc(C(F)(F)F)c2C(=O)O)C(=O)O1. The maximum Gasteiger partial charge on any atom is 0.417 e. The van der Waals surface area contributed by atoms with Gasteiger partial charge in [0, 0.05) is 20.0 Å². The molecule has 1 aromatic rings. The Morgan fingerprint density at radius 1 is 1.20 bits per heavy atom. The van der Waals surface area contributed by atoms with Crippen molar-refractivity contribution in [3.05, 3.63) is 41.1 Å². The second-order valence-electron chi connectivity index (χ2n) is 5.41. The van der Waals surface area contributed by atoms with E-state index in [-0.39, 0.29) is 0 Å². The largest absolute Gasteiger partial charge is 0.478 e. The number of ether oxygens (including phenoxy) is 2. The fourth-order valence-electron chi connectivity index (χ4n) is 2.07. The highest BCUT2D eigenvalue weighted by molar-refractivity contribution is 6.15. The van der Waals surface area contributed by atoms with Gasteiger partial charge in [-0.05, 0) is 12.1 Å². The van der Waals surface area contributed by atoms with Crippen molar-refractivity contribution in [3.8, 4) is 0 Å². The number of aromatic carboxylic acids is 1. The molecule has 1 aromatic carbocycles. The fraction of sp³-hybridized carbons (Fsp3) is 0.267. The topological polar surface area (TPSA) is 102 Å². The second-order valence-corrected chi connectivity index (χ2v) is 5.41. The van der Waals surface area contributed by atoms with Crippen LogP contribution in [0.2, 0.25) is 0 Å². The Balaban J connectivity index is 2.40. The van der Waals surface area contributed by atoms with Crippen LogP contribution in [-0.4, -0.2) is 28.8 Å². The summed E-state index contributed by atoms with van der Waals surface area (Å²) in [6, 6.07) is 2.64. The maximum absolute atomic E-state index is 12.9. The minimum Gasteiger partial charge on any atom is -0.478 e. The van der Waals surface area contributed by atoms with Gasteiger partial charge in [0.25, 0.3) is 5.79 Å². The Labute approximate surface area is 139 Å². The fourth-order valence-corrected chi connectivity index (χ4v) is 2.07. The van der Waals surface area contributed by atoms with Crippen LogP contribution in [0.1, 0.15) is 29.8 Å². The van der Waals surface area contributed by atoms with E-state index in [0.717, 1.165) is 18.3 Å². The number of hydrogen-bond donors (Lipinski definition) is 2. The molecular weight excluding hydrogens is 347 g/mol. The summed E-state index contributed by atoms with van der Waals surface area (Å²) in [6.45, 7) is 2.64. The number of rotatable bonds is 3. The molecule has 2 N–H and O–H groups in total. The van der Waals surface area contributed by atoms with Crippen molar-refractivity contribution >= 4 is 23.6 Å². The third-order valence-corrected chi connectivity index (χ3v) is 3.07. The number of halogens is 3. The predicted molar refractivity (Wildman–Crippen MR) is 76.4 cm³/mol. The van der Waals surface area contributed by atoms with Crippen LogP contribution in [0.15, 0.2) is 30.0 Å². The summed E-state index contributed by atoms with van der Waals surface area (Å²) in [5.74, 6) is -5.42. The van der Waals surface area contributed by atoms with E-state index in [4.69, 9.17) is 14.6 Å². The quantitative estimate of drug-likeness (QED) is 0.486. The van der Waals surface area contributed by atoms with Gasteiger partial charge in [-0.15, -0.1) is 0 Å². The molecule has 134 valence electrons. The number of carboxylic acid groups (broad SMARTS) is 1. The van der Waals surface area contributed by atoms with Crippen molar-refractivity contribution in [2.45, 2.75) is 25.8 Å². The molecule has 10 heteroatoms. The van der Waals surface area contributed by atoms with E-state index in [2.05, 4.69) is 5.32 Å². The van der Waals surface area contributed by atoms with Crippen LogP contribution in [0.25, 0.3) is 0 Å². The normalized spacial score (nSPS) is 16.8. The molecule has 0 spiro atoms. The van der Waals surface area contributed by atoms with Crippen molar-refractivity contribution in [1.82, 2.24) is 0 Å². The van der Waals surface area contributed by atoms with Crippen LogP contribution in [-0.2, 0) is 25.2 Å². The molecule has 1 heterocycles. The molecule has 0 saturated carbocycles. The van der Waals surface area contributed by atoms with E-state index in [1.54, 1.807) is 0 Å². The molecule has 2 rings (SSSR count). The lowest BCUT2D eigenvalue weighted by molar-refractivity contribution is -0.222. The van der Waals surface area contributed by atoms with Crippen molar-refractivity contribution in [2.75, 3.05) is 5.32 Å². The summed E-state index contributed by atoms with van der Waals surface area (Å²) < 4.78 is 48.4. The van der Waals surface area contributed by atoms with Gasteiger partial charge >= 0.3 is 24.1 Å². The molecule has 0 radical (unpaired) electrons. The van der Waals surface area contributed by atoms with E-state index in [1.165, 1.54) is 13.8 Å². The Kier molecular flexibility index (Phi) is 4.47. The Hall–Kier alpha value is -3.04. The maximum atomic E-state index is 12.9. The first-order valence-corrected chi connectivity index (χ1v) is 6.79. The lowest BCUT2D eigenvalue weighted by atomic mass is 10.0. The van der Waals surface area contributed by atoms with Crippen molar-refractivity contribution in [3.63, 3.8) is 0 Å². The molecule has 1 fully saturated rings. The summed E-state index contributed by atoms with van der Waals surface area (Å²) in [6.07, 6.45) is -4.16. The Bertz CT molecular complexity index is 760. The van der Waals surface area contributed by atoms with E-state index in [9.17, 15) is 27.6 Å². The summed E-state index contributed by atoms with van der Waals surface area (Å²) >= 11 is 0. The molecule has 0 aromatic heterocycles. The van der Waals surface area contributed by atoms with Crippen molar-refractivity contribution in [1.29, 1.82) is 0 Å². The number of cyclic esters (lactones) is 2. The summed E-state index contributed by atoms with van der Waals surface area (Å²) in [4.78, 5) is 34.7. The Morgan fingerprint density at radius 3 is 2.24 bits per heavy atom. The number of hydrogen-bond acceptors (Lipinski definition) is 6. The average Bonchev–Trinajstić information content (AvgIpc) is 2.43. The number of carboxylic acids is 1. The molecular formula is C15H12F3NO6. The zero-order valence-electron chi connectivity index (χ0n) is 12.9. The number of anilines is 1. The van der Waals surface area contributed by atoms with E-state index < -0.39 is 52.3 Å². The van der Waals surface area contributed by atoms with Gasteiger partial charge < -0.3 is 19.9 Å². The first kappa shape index (κ1) is 18.3. The molecule has 0 bridgehead atoms. The molecule has 7 nitrogen and oxygen atoms in total.